The van der Waals surface area contributed by atoms with E-state index in [0.717, 1.165) is 31.6 Å². The molecule has 6 heteroatoms. The smallest absolute Gasteiger partial charge is 0.398 e. The zero-order valence-corrected chi connectivity index (χ0v) is 12.8. The van der Waals surface area contributed by atoms with Gasteiger partial charge in [0.05, 0.1) is 23.1 Å². The van der Waals surface area contributed by atoms with E-state index < -0.39 is 0 Å². The summed E-state index contributed by atoms with van der Waals surface area (Å²) in [5.74, 6) is 0. The molecule has 5 nitrogen and oxygen atoms in total. The molecule has 0 spiro atoms. The van der Waals surface area contributed by atoms with E-state index in [-0.39, 0.29) is 18.3 Å². The maximum Gasteiger partial charge on any atom is 0.514 e. The number of hydrogen-bond donors (Lipinski definition) is 0. The average Bonchev–Trinajstić information content (AvgIpc) is 2.94. The molecule has 2 aliphatic rings. The van der Waals surface area contributed by atoms with E-state index in [4.69, 9.17) is 14.0 Å². The minimum atomic E-state index is -0.342. The highest BCUT2D eigenvalue weighted by Gasteiger charge is 2.53. The van der Waals surface area contributed by atoms with Gasteiger partial charge in [0.1, 0.15) is 0 Å². The normalized spacial score (nSPS) is 26.1. The molecule has 1 aromatic heterocycles. The van der Waals surface area contributed by atoms with Crippen molar-refractivity contribution >= 4 is 12.7 Å². The fraction of sp³-hybridized carbons (Fsp3) is 0.786. The van der Waals surface area contributed by atoms with Gasteiger partial charge in [-0.05, 0) is 40.5 Å². The van der Waals surface area contributed by atoms with Gasteiger partial charge in [0.2, 0.25) is 0 Å². The zero-order chi connectivity index (χ0) is 14.4. The van der Waals surface area contributed by atoms with Crippen LogP contribution in [0.4, 0.5) is 0 Å². The van der Waals surface area contributed by atoms with E-state index in [1.807, 2.05) is 12.5 Å². The first-order chi connectivity index (χ1) is 9.41. The van der Waals surface area contributed by atoms with Gasteiger partial charge < -0.3 is 18.6 Å². The molecule has 0 unspecified atom stereocenters. The molecule has 0 aliphatic carbocycles. The van der Waals surface area contributed by atoms with Crippen LogP contribution >= 0.6 is 0 Å². The van der Waals surface area contributed by atoms with Gasteiger partial charge >= 0.3 is 7.12 Å². The average molecular weight is 278 g/mol. The van der Waals surface area contributed by atoms with Gasteiger partial charge in [-0.2, -0.15) is 0 Å². The first-order valence-corrected chi connectivity index (χ1v) is 7.36. The SMILES string of the molecule is CC1(C)OB(c2cncn2C2CCOCC2)OC1(C)C. The predicted molar refractivity (Wildman–Crippen MR) is 77.0 cm³/mol. The van der Waals surface area contributed by atoms with Crippen LogP contribution in [-0.2, 0) is 14.0 Å². The molecule has 0 N–H and O–H groups in total. The Kier molecular flexibility index (Phi) is 3.43. The Hall–Kier alpha value is -0.845. The number of ether oxygens (including phenoxy) is 1. The standard InChI is InChI=1S/C14H23BN2O3/c1-13(2)14(3,4)20-15(19-13)12-9-16-10-17(12)11-5-7-18-8-6-11/h9-11H,5-8H2,1-4H3. The largest absolute Gasteiger partial charge is 0.514 e. The molecule has 0 atom stereocenters. The summed E-state index contributed by atoms with van der Waals surface area (Å²) in [7, 11) is -0.342. The third-order valence-electron chi connectivity index (χ3n) is 4.77. The van der Waals surface area contributed by atoms with Gasteiger partial charge in [0, 0.05) is 25.5 Å². The molecule has 3 heterocycles. The van der Waals surface area contributed by atoms with Crippen LogP contribution in [-0.4, -0.2) is 41.1 Å². The first kappa shape index (κ1) is 14.1. The van der Waals surface area contributed by atoms with Gasteiger partial charge in [0.25, 0.3) is 0 Å². The second-order valence-corrected chi connectivity index (χ2v) is 6.66. The summed E-state index contributed by atoms with van der Waals surface area (Å²) in [4.78, 5) is 4.30. The lowest BCUT2D eigenvalue weighted by atomic mass is 9.84. The zero-order valence-electron chi connectivity index (χ0n) is 12.8. The van der Waals surface area contributed by atoms with E-state index in [2.05, 4.69) is 37.2 Å². The van der Waals surface area contributed by atoms with Crippen LogP contribution in [0.25, 0.3) is 0 Å². The summed E-state index contributed by atoms with van der Waals surface area (Å²) in [6.45, 7) is 9.91. The van der Waals surface area contributed by atoms with Gasteiger partial charge in [-0.1, -0.05) is 0 Å². The molecule has 0 bridgehead atoms. The Morgan fingerprint density at radius 1 is 1.15 bits per heavy atom. The van der Waals surface area contributed by atoms with Crippen molar-refractivity contribution in [1.82, 2.24) is 9.55 Å². The number of hydrogen-bond acceptors (Lipinski definition) is 4. The van der Waals surface area contributed by atoms with E-state index in [9.17, 15) is 0 Å². The van der Waals surface area contributed by atoms with E-state index >= 15 is 0 Å². The van der Waals surface area contributed by atoms with Crippen molar-refractivity contribution in [2.75, 3.05) is 13.2 Å². The van der Waals surface area contributed by atoms with Crippen LogP contribution in [0, 0.1) is 0 Å². The fourth-order valence-corrected chi connectivity index (χ4v) is 2.73. The van der Waals surface area contributed by atoms with Crippen molar-refractivity contribution in [2.45, 2.75) is 57.8 Å². The Morgan fingerprint density at radius 2 is 1.75 bits per heavy atom. The lowest BCUT2D eigenvalue weighted by Gasteiger charge is -2.32. The molecular formula is C14H23BN2O3. The Labute approximate surface area is 120 Å². The summed E-state index contributed by atoms with van der Waals surface area (Å²) < 4.78 is 19.9. The molecule has 110 valence electrons. The number of imidazole rings is 1. The second-order valence-electron chi connectivity index (χ2n) is 6.66. The van der Waals surface area contributed by atoms with Crippen molar-refractivity contribution in [3.8, 4) is 0 Å². The minimum Gasteiger partial charge on any atom is -0.398 e. The van der Waals surface area contributed by atoms with Gasteiger partial charge in [-0.15, -0.1) is 0 Å². The number of aromatic nitrogens is 2. The third-order valence-corrected chi connectivity index (χ3v) is 4.77. The van der Waals surface area contributed by atoms with Gasteiger partial charge in [0.15, 0.2) is 0 Å². The molecule has 2 fully saturated rings. The summed E-state index contributed by atoms with van der Waals surface area (Å²) in [6.07, 6.45) is 5.78. The molecule has 0 amide bonds. The molecule has 0 radical (unpaired) electrons. The van der Waals surface area contributed by atoms with E-state index in [0.29, 0.717) is 6.04 Å². The number of nitrogens with zero attached hydrogens (tertiary/aromatic N) is 2. The monoisotopic (exact) mass is 278 g/mol. The molecule has 1 aromatic rings. The topological polar surface area (TPSA) is 45.5 Å². The quantitative estimate of drug-likeness (QED) is 0.770. The van der Waals surface area contributed by atoms with Crippen LogP contribution in [0.3, 0.4) is 0 Å². The maximum absolute atomic E-state index is 6.13. The van der Waals surface area contributed by atoms with E-state index in [1.54, 1.807) is 0 Å². The number of rotatable bonds is 2. The van der Waals surface area contributed by atoms with Gasteiger partial charge in [-0.3, -0.25) is 0 Å². The van der Waals surface area contributed by atoms with Crippen molar-refractivity contribution < 1.29 is 14.0 Å². The fourth-order valence-electron chi connectivity index (χ4n) is 2.73. The third kappa shape index (κ3) is 2.30. The maximum atomic E-state index is 6.13. The molecule has 2 saturated heterocycles. The molecule has 0 saturated carbocycles. The van der Waals surface area contributed by atoms with Crippen molar-refractivity contribution in [2.24, 2.45) is 0 Å². The highest BCUT2D eigenvalue weighted by molar-refractivity contribution is 6.61. The van der Waals surface area contributed by atoms with Crippen molar-refractivity contribution in [3.63, 3.8) is 0 Å². The highest BCUT2D eigenvalue weighted by atomic mass is 16.7. The van der Waals surface area contributed by atoms with Crippen LogP contribution in [0.15, 0.2) is 12.5 Å². The van der Waals surface area contributed by atoms with Crippen LogP contribution in [0.2, 0.25) is 0 Å². The first-order valence-electron chi connectivity index (χ1n) is 7.36. The molecule has 2 aliphatic heterocycles. The lowest BCUT2D eigenvalue weighted by molar-refractivity contribution is 0.00578. The van der Waals surface area contributed by atoms with Crippen LogP contribution in [0.5, 0.6) is 0 Å². The second kappa shape index (κ2) is 4.86. The van der Waals surface area contributed by atoms with Crippen LogP contribution in [0.1, 0.15) is 46.6 Å². The summed E-state index contributed by atoms with van der Waals surface area (Å²) in [6, 6.07) is 0.431. The highest BCUT2D eigenvalue weighted by Crippen LogP contribution is 2.36. The lowest BCUT2D eigenvalue weighted by Crippen LogP contribution is -2.41. The summed E-state index contributed by atoms with van der Waals surface area (Å²) in [5, 5.41) is 0. The Balaban J connectivity index is 1.84. The molecule has 20 heavy (non-hydrogen) atoms. The molecule has 3 rings (SSSR count). The molecule has 0 aromatic carbocycles. The van der Waals surface area contributed by atoms with Gasteiger partial charge in [-0.25, -0.2) is 4.98 Å². The Bertz CT molecular complexity index is 465. The van der Waals surface area contributed by atoms with E-state index in [1.165, 1.54) is 0 Å². The minimum absolute atomic E-state index is 0.317. The summed E-state index contributed by atoms with van der Waals surface area (Å²) >= 11 is 0. The molecular weight excluding hydrogens is 255 g/mol. The predicted octanol–water partition coefficient (Wildman–Crippen LogP) is 1.53. The van der Waals surface area contributed by atoms with Crippen LogP contribution < -0.4 is 5.59 Å². The Morgan fingerprint density at radius 3 is 2.35 bits per heavy atom. The summed E-state index contributed by atoms with van der Waals surface area (Å²) in [5.41, 5.74) is 0.376. The van der Waals surface area contributed by atoms with Crippen molar-refractivity contribution in [3.05, 3.63) is 12.5 Å². The van der Waals surface area contributed by atoms with Crippen molar-refractivity contribution in [1.29, 1.82) is 0 Å².